The van der Waals surface area contributed by atoms with Gasteiger partial charge in [0.05, 0.1) is 5.54 Å². The molecule has 2 aromatic rings. The normalized spacial score (nSPS) is 14.6. The molecule has 1 aromatic carbocycles. The number of nitrogens with one attached hydrogen (secondary N) is 2. The van der Waals surface area contributed by atoms with E-state index < -0.39 is 17.6 Å². The Bertz CT molecular complexity index is 808. The first-order valence-electron chi connectivity index (χ1n) is 9.17. The zero-order valence-corrected chi connectivity index (χ0v) is 16.2. The predicted molar refractivity (Wildman–Crippen MR) is 107 cm³/mol. The SMILES string of the molecule is C=CCOC(=O)C(CC(C)C)NC(=O)C(C)(N)Cc1c[nH]c2ccccc12. The van der Waals surface area contributed by atoms with Gasteiger partial charge in [-0.25, -0.2) is 4.79 Å². The fraction of sp³-hybridized carbons (Fsp3) is 0.429. The first kappa shape index (κ1) is 20.7. The third-order valence-corrected chi connectivity index (χ3v) is 4.39. The molecule has 146 valence electrons. The Morgan fingerprint density at radius 1 is 1.37 bits per heavy atom. The summed E-state index contributed by atoms with van der Waals surface area (Å²) in [4.78, 5) is 28.3. The number of fused-ring (bicyclic) bond motifs is 1. The van der Waals surface area contributed by atoms with Crippen LogP contribution in [0.3, 0.4) is 0 Å². The second-order valence-corrected chi connectivity index (χ2v) is 7.53. The number of benzene rings is 1. The second-order valence-electron chi connectivity index (χ2n) is 7.53. The summed E-state index contributed by atoms with van der Waals surface area (Å²) in [6, 6.07) is 7.12. The lowest BCUT2D eigenvalue weighted by atomic mass is 9.92. The molecule has 0 radical (unpaired) electrons. The summed E-state index contributed by atoms with van der Waals surface area (Å²) < 4.78 is 5.11. The summed E-state index contributed by atoms with van der Waals surface area (Å²) in [6.45, 7) is 9.27. The van der Waals surface area contributed by atoms with Gasteiger partial charge in [0, 0.05) is 23.5 Å². The van der Waals surface area contributed by atoms with E-state index in [-0.39, 0.29) is 18.4 Å². The third kappa shape index (κ3) is 5.44. The molecule has 2 unspecified atom stereocenters. The van der Waals surface area contributed by atoms with E-state index in [0.29, 0.717) is 12.8 Å². The van der Waals surface area contributed by atoms with Crippen molar-refractivity contribution in [2.75, 3.05) is 6.61 Å². The van der Waals surface area contributed by atoms with Crippen molar-refractivity contribution in [2.24, 2.45) is 11.7 Å². The third-order valence-electron chi connectivity index (χ3n) is 4.39. The van der Waals surface area contributed by atoms with Crippen LogP contribution in [-0.4, -0.2) is 35.0 Å². The molecule has 0 aliphatic heterocycles. The number of hydrogen-bond donors (Lipinski definition) is 3. The zero-order chi connectivity index (χ0) is 20.0. The molecule has 0 saturated carbocycles. The smallest absolute Gasteiger partial charge is 0.328 e. The predicted octanol–water partition coefficient (Wildman–Crippen LogP) is 2.69. The summed E-state index contributed by atoms with van der Waals surface area (Å²) >= 11 is 0. The molecule has 0 bridgehead atoms. The molecular formula is C21H29N3O3. The Kier molecular flexibility index (Phi) is 6.80. The number of para-hydroxylation sites is 1. The van der Waals surface area contributed by atoms with E-state index in [4.69, 9.17) is 10.5 Å². The van der Waals surface area contributed by atoms with Crippen molar-refractivity contribution in [3.63, 3.8) is 0 Å². The zero-order valence-electron chi connectivity index (χ0n) is 16.2. The van der Waals surface area contributed by atoms with Crippen molar-refractivity contribution in [1.29, 1.82) is 0 Å². The lowest BCUT2D eigenvalue weighted by molar-refractivity contribution is -0.147. The van der Waals surface area contributed by atoms with E-state index >= 15 is 0 Å². The molecule has 0 spiro atoms. The van der Waals surface area contributed by atoms with Crippen LogP contribution in [0.15, 0.2) is 43.1 Å². The highest BCUT2D eigenvalue weighted by molar-refractivity contribution is 5.91. The lowest BCUT2D eigenvalue weighted by Crippen LogP contribution is -2.57. The number of rotatable bonds is 9. The number of hydrogen-bond acceptors (Lipinski definition) is 4. The van der Waals surface area contributed by atoms with Gasteiger partial charge in [0.25, 0.3) is 0 Å². The van der Waals surface area contributed by atoms with Crippen LogP contribution in [0, 0.1) is 5.92 Å². The Labute approximate surface area is 160 Å². The van der Waals surface area contributed by atoms with Gasteiger partial charge >= 0.3 is 5.97 Å². The molecule has 0 aliphatic rings. The molecule has 0 saturated heterocycles. The fourth-order valence-corrected chi connectivity index (χ4v) is 3.00. The van der Waals surface area contributed by atoms with E-state index in [1.54, 1.807) is 6.92 Å². The van der Waals surface area contributed by atoms with Gasteiger partial charge in [-0.2, -0.15) is 0 Å². The van der Waals surface area contributed by atoms with Gasteiger partial charge in [0.2, 0.25) is 5.91 Å². The Morgan fingerprint density at radius 3 is 2.74 bits per heavy atom. The highest BCUT2D eigenvalue weighted by atomic mass is 16.5. The number of esters is 1. The van der Waals surface area contributed by atoms with E-state index in [2.05, 4.69) is 16.9 Å². The molecule has 1 aromatic heterocycles. The highest BCUT2D eigenvalue weighted by Gasteiger charge is 2.33. The van der Waals surface area contributed by atoms with Crippen molar-refractivity contribution in [3.8, 4) is 0 Å². The van der Waals surface area contributed by atoms with Crippen LogP contribution in [0.2, 0.25) is 0 Å². The van der Waals surface area contributed by atoms with Gasteiger partial charge < -0.3 is 20.8 Å². The molecule has 6 heteroatoms. The van der Waals surface area contributed by atoms with Crippen molar-refractivity contribution >= 4 is 22.8 Å². The molecule has 2 rings (SSSR count). The average molecular weight is 371 g/mol. The number of carbonyl (C=O) groups is 2. The fourth-order valence-electron chi connectivity index (χ4n) is 3.00. The quantitative estimate of drug-likeness (QED) is 0.466. The number of aromatic amines is 1. The van der Waals surface area contributed by atoms with Gasteiger partial charge in [0.1, 0.15) is 12.6 Å². The van der Waals surface area contributed by atoms with E-state index in [0.717, 1.165) is 16.5 Å². The minimum absolute atomic E-state index is 0.110. The summed E-state index contributed by atoms with van der Waals surface area (Å²) in [5.41, 5.74) is 7.11. The minimum atomic E-state index is -1.17. The maximum Gasteiger partial charge on any atom is 0.328 e. The summed E-state index contributed by atoms with van der Waals surface area (Å²) in [7, 11) is 0. The number of nitrogens with two attached hydrogens (primary N) is 1. The minimum Gasteiger partial charge on any atom is -0.460 e. The molecule has 0 fully saturated rings. The summed E-state index contributed by atoms with van der Waals surface area (Å²) in [5, 5.41) is 3.81. The number of ether oxygens (including phenoxy) is 1. The van der Waals surface area contributed by atoms with Crippen LogP contribution in [-0.2, 0) is 20.7 Å². The van der Waals surface area contributed by atoms with Crippen LogP contribution in [0.1, 0.15) is 32.8 Å². The van der Waals surface area contributed by atoms with Gasteiger partial charge in [-0.3, -0.25) is 4.79 Å². The number of carbonyl (C=O) groups excluding carboxylic acids is 2. The topological polar surface area (TPSA) is 97.2 Å². The van der Waals surface area contributed by atoms with Crippen LogP contribution in [0.25, 0.3) is 10.9 Å². The van der Waals surface area contributed by atoms with E-state index in [9.17, 15) is 9.59 Å². The maximum atomic E-state index is 12.8. The molecule has 0 aliphatic carbocycles. The van der Waals surface area contributed by atoms with Crippen molar-refractivity contribution in [3.05, 3.63) is 48.7 Å². The monoisotopic (exact) mass is 371 g/mol. The van der Waals surface area contributed by atoms with Crippen LogP contribution < -0.4 is 11.1 Å². The van der Waals surface area contributed by atoms with Gasteiger partial charge in [-0.1, -0.05) is 44.7 Å². The van der Waals surface area contributed by atoms with Gasteiger partial charge in [-0.05, 0) is 30.9 Å². The Morgan fingerprint density at radius 2 is 2.07 bits per heavy atom. The van der Waals surface area contributed by atoms with E-state index in [1.807, 2.05) is 44.3 Å². The molecular weight excluding hydrogens is 342 g/mol. The van der Waals surface area contributed by atoms with Crippen molar-refractivity contribution in [2.45, 2.75) is 45.2 Å². The molecule has 6 nitrogen and oxygen atoms in total. The van der Waals surface area contributed by atoms with Gasteiger partial charge in [-0.15, -0.1) is 0 Å². The number of amides is 1. The highest BCUT2D eigenvalue weighted by Crippen LogP contribution is 2.22. The van der Waals surface area contributed by atoms with Crippen LogP contribution >= 0.6 is 0 Å². The number of H-pyrrole nitrogens is 1. The first-order chi connectivity index (χ1) is 12.7. The lowest BCUT2D eigenvalue weighted by Gasteiger charge is -2.27. The standard InChI is InChI=1S/C21H29N3O3/c1-5-10-27-19(25)18(11-14(2)3)24-20(26)21(4,22)12-15-13-23-17-9-7-6-8-16(15)17/h5-9,13-14,18,23H,1,10-12,22H2,2-4H3,(H,24,26). The summed E-state index contributed by atoms with van der Waals surface area (Å²) in [6.07, 6.45) is 4.19. The first-order valence-corrected chi connectivity index (χ1v) is 9.17. The molecule has 1 amide bonds. The Balaban J connectivity index is 2.12. The average Bonchev–Trinajstić information content (AvgIpc) is 3.01. The Hall–Kier alpha value is -2.60. The van der Waals surface area contributed by atoms with E-state index in [1.165, 1.54) is 6.08 Å². The largest absolute Gasteiger partial charge is 0.460 e. The number of aromatic nitrogens is 1. The van der Waals surface area contributed by atoms with Crippen molar-refractivity contribution < 1.29 is 14.3 Å². The van der Waals surface area contributed by atoms with Crippen LogP contribution in [0.5, 0.6) is 0 Å². The second kappa shape index (κ2) is 8.86. The van der Waals surface area contributed by atoms with Crippen molar-refractivity contribution in [1.82, 2.24) is 10.3 Å². The summed E-state index contributed by atoms with van der Waals surface area (Å²) in [5.74, 6) is -0.641. The molecule has 27 heavy (non-hydrogen) atoms. The molecule has 2 atom stereocenters. The van der Waals surface area contributed by atoms with Gasteiger partial charge in [0.15, 0.2) is 0 Å². The molecule has 1 heterocycles. The molecule has 4 N–H and O–H groups in total. The maximum absolute atomic E-state index is 12.8. The van der Waals surface area contributed by atoms with Crippen LogP contribution in [0.4, 0.5) is 0 Å².